The molecule has 3 aromatic rings. The van der Waals surface area contributed by atoms with Crippen molar-refractivity contribution in [1.82, 2.24) is 0 Å². The Kier molecular flexibility index (Phi) is 8.51. The van der Waals surface area contributed by atoms with Crippen molar-refractivity contribution < 1.29 is 17.9 Å². The minimum Gasteiger partial charge on any atom is -0.459 e. The number of carbonyl (C=O) groups excluding carboxylic acids is 1. The second-order valence-corrected chi connectivity index (χ2v) is 11.4. The number of benzene rings is 2. The quantitative estimate of drug-likeness (QED) is 0.183. The van der Waals surface area contributed by atoms with Gasteiger partial charge in [-0.25, -0.2) is 13.2 Å². The molecule has 0 fully saturated rings. The molecular formula is C24H28N2O4S3. The Morgan fingerprint density at radius 3 is 2.42 bits per heavy atom. The molecule has 176 valence electrons. The zero-order valence-electron chi connectivity index (χ0n) is 18.1. The maximum atomic E-state index is 13.4. The third-order valence-corrected chi connectivity index (χ3v) is 9.10. The summed E-state index contributed by atoms with van der Waals surface area (Å²) >= 11 is 2.49. The molecule has 6 nitrogen and oxygen atoms in total. The van der Waals surface area contributed by atoms with Crippen LogP contribution in [0.15, 0.2) is 62.5 Å². The molecule has 0 aliphatic heterocycles. The van der Waals surface area contributed by atoms with Crippen LogP contribution >= 0.6 is 23.1 Å². The van der Waals surface area contributed by atoms with Crippen LogP contribution in [0.3, 0.4) is 0 Å². The van der Waals surface area contributed by atoms with Crippen LogP contribution in [0.4, 0.5) is 0 Å². The van der Waals surface area contributed by atoms with Gasteiger partial charge in [0.05, 0.1) is 30.5 Å². The Hall–Kier alpha value is -2.62. The molecule has 1 heterocycles. The summed E-state index contributed by atoms with van der Waals surface area (Å²) in [5.74, 6) is -0.580. The van der Waals surface area contributed by atoms with Crippen LogP contribution in [0.1, 0.15) is 42.1 Å². The van der Waals surface area contributed by atoms with E-state index in [1.54, 1.807) is 50.4 Å². The molecule has 0 bridgehead atoms. The number of carbonyl (C=O) groups is 1. The maximum absolute atomic E-state index is 13.4. The van der Waals surface area contributed by atoms with Crippen molar-refractivity contribution in [2.24, 2.45) is 5.73 Å². The Balaban J connectivity index is 0.00000385. The minimum absolute atomic E-state index is 0. The van der Waals surface area contributed by atoms with Gasteiger partial charge in [-0.1, -0.05) is 31.7 Å². The van der Waals surface area contributed by atoms with Gasteiger partial charge in [-0.2, -0.15) is 0 Å². The van der Waals surface area contributed by atoms with Gasteiger partial charge in [-0.3, -0.25) is 5.41 Å². The summed E-state index contributed by atoms with van der Waals surface area (Å²) < 4.78 is 32.8. The molecule has 33 heavy (non-hydrogen) atoms. The van der Waals surface area contributed by atoms with E-state index in [4.69, 9.17) is 15.9 Å². The van der Waals surface area contributed by atoms with Crippen LogP contribution in [0.5, 0.6) is 0 Å². The van der Waals surface area contributed by atoms with Gasteiger partial charge in [0.15, 0.2) is 0 Å². The fourth-order valence-corrected chi connectivity index (χ4v) is 7.13. The summed E-state index contributed by atoms with van der Waals surface area (Å²) in [6, 6.07) is 13.4. The number of nitrogens with one attached hydrogen (secondary N) is 1. The second kappa shape index (κ2) is 10.5. The summed E-state index contributed by atoms with van der Waals surface area (Å²) in [6.45, 7) is 5.39. The number of hydrogen-bond acceptors (Lipinski definition) is 7. The number of thioether (sulfide) groups is 1. The van der Waals surface area contributed by atoms with Crippen molar-refractivity contribution in [2.45, 2.75) is 48.3 Å². The fourth-order valence-electron chi connectivity index (χ4n) is 3.22. The predicted molar refractivity (Wildman–Crippen MR) is 136 cm³/mol. The van der Waals surface area contributed by atoms with Gasteiger partial charge in [0.1, 0.15) is 5.84 Å². The molecule has 2 aromatic carbocycles. The molecule has 0 radical (unpaired) electrons. The van der Waals surface area contributed by atoms with Gasteiger partial charge in [0.25, 0.3) is 0 Å². The van der Waals surface area contributed by atoms with Gasteiger partial charge < -0.3 is 10.5 Å². The monoisotopic (exact) mass is 504 g/mol. The molecule has 0 amide bonds. The summed E-state index contributed by atoms with van der Waals surface area (Å²) in [4.78, 5) is 13.1. The summed E-state index contributed by atoms with van der Waals surface area (Å²) in [7, 11) is -3.83. The van der Waals surface area contributed by atoms with E-state index in [-0.39, 0.29) is 29.2 Å². The molecule has 9 heteroatoms. The largest absolute Gasteiger partial charge is 0.459 e. The van der Waals surface area contributed by atoms with Gasteiger partial charge >= 0.3 is 5.97 Å². The van der Waals surface area contributed by atoms with Crippen molar-refractivity contribution in [3.63, 3.8) is 0 Å². The van der Waals surface area contributed by atoms with Gasteiger partial charge in [-0.15, -0.1) is 23.1 Å². The Morgan fingerprint density at radius 1 is 1.15 bits per heavy atom. The zero-order valence-corrected chi connectivity index (χ0v) is 20.6. The smallest absolute Gasteiger partial charge is 0.338 e. The van der Waals surface area contributed by atoms with E-state index in [0.29, 0.717) is 25.8 Å². The fraction of sp³-hybridized carbons (Fsp3) is 0.250. The zero-order chi connectivity index (χ0) is 23.6. The van der Waals surface area contributed by atoms with E-state index < -0.39 is 15.8 Å². The van der Waals surface area contributed by atoms with Crippen molar-refractivity contribution in [1.29, 1.82) is 5.41 Å². The third kappa shape index (κ3) is 5.48. The van der Waals surface area contributed by atoms with Crippen molar-refractivity contribution >= 4 is 44.7 Å². The Morgan fingerprint density at radius 2 is 1.82 bits per heavy atom. The summed E-state index contributed by atoms with van der Waals surface area (Å²) in [6.07, 6.45) is 1.55. The van der Waals surface area contributed by atoms with E-state index in [9.17, 15) is 13.2 Å². The number of sulfone groups is 1. The van der Waals surface area contributed by atoms with E-state index >= 15 is 0 Å². The summed E-state index contributed by atoms with van der Waals surface area (Å²) in [5.41, 5.74) is 8.15. The number of ether oxygens (including phenoxy) is 1. The van der Waals surface area contributed by atoms with Crippen LogP contribution in [-0.2, 0) is 14.6 Å². The van der Waals surface area contributed by atoms with Crippen molar-refractivity contribution in [3.05, 3.63) is 64.5 Å². The SMILES string of the molecule is C.CSc1sc(C(=N)N)cc1S(=O)(=O)c1cccc(-c2cccc(C(=O)OC(C)C)c2C)c1. The molecule has 0 saturated heterocycles. The highest BCUT2D eigenvalue weighted by molar-refractivity contribution is 8.01. The maximum Gasteiger partial charge on any atom is 0.338 e. The summed E-state index contributed by atoms with van der Waals surface area (Å²) in [5, 5.41) is 7.64. The van der Waals surface area contributed by atoms with E-state index in [1.807, 2.05) is 19.1 Å². The Labute approximate surface area is 203 Å². The molecule has 3 rings (SSSR count). The molecule has 0 atom stereocenters. The molecule has 0 aliphatic carbocycles. The highest BCUT2D eigenvalue weighted by atomic mass is 32.2. The lowest BCUT2D eigenvalue weighted by Gasteiger charge is -2.14. The number of rotatable bonds is 7. The minimum atomic E-state index is -3.83. The predicted octanol–water partition coefficient (Wildman–Crippen LogP) is 5.76. The second-order valence-electron chi connectivity index (χ2n) is 7.34. The molecule has 3 N–H and O–H groups in total. The van der Waals surface area contributed by atoms with Gasteiger partial charge in [0.2, 0.25) is 9.84 Å². The van der Waals surface area contributed by atoms with Crippen LogP contribution in [0.25, 0.3) is 11.1 Å². The highest BCUT2D eigenvalue weighted by Crippen LogP contribution is 2.38. The van der Waals surface area contributed by atoms with E-state index in [2.05, 4.69) is 0 Å². The molecule has 0 saturated carbocycles. The number of hydrogen-bond donors (Lipinski definition) is 2. The molecule has 0 aliphatic rings. The molecule has 0 spiro atoms. The Bertz CT molecular complexity index is 1290. The van der Waals surface area contributed by atoms with E-state index in [1.165, 1.54) is 29.2 Å². The van der Waals surface area contributed by atoms with E-state index in [0.717, 1.165) is 5.56 Å². The standard InChI is InChI=1S/C23H24N2O4S3.CH4/c1-13(2)29-22(26)18-10-6-9-17(14(18)3)15-7-5-8-16(11-15)32(27,28)20-12-19(21(24)25)31-23(20)30-4;/h5-13H,1-4H3,(H3,24,25);1H4. The number of amidine groups is 1. The first-order valence-electron chi connectivity index (χ1n) is 9.74. The van der Waals surface area contributed by atoms with Crippen LogP contribution < -0.4 is 5.73 Å². The topological polar surface area (TPSA) is 110 Å². The molecule has 1 aromatic heterocycles. The lowest BCUT2D eigenvalue weighted by molar-refractivity contribution is 0.0377. The van der Waals surface area contributed by atoms with Crippen LogP contribution in [-0.4, -0.2) is 32.6 Å². The number of nitrogens with two attached hydrogens (primary N) is 1. The lowest BCUT2D eigenvalue weighted by Crippen LogP contribution is -2.13. The van der Waals surface area contributed by atoms with Crippen LogP contribution in [0.2, 0.25) is 0 Å². The van der Waals surface area contributed by atoms with Gasteiger partial charge in [0, 0.05) is 0 Å². The highest BCUT2D eigenvalue weighted by Gasteiger charge is 2.25. The number of thiophene rings is 1. The van der Waals surface area contributed by atoms with Gasteiger partial charge in [-0.05, 0) is 68.0 Å². The molecular weight excluding hydrogens is 476 g/mol. The van der Waals surface area contributed by atoms with Crippen molar-refractivity contribution in [2.75, 3.05) is 6.26 Å². The number of esters is 1. The first-order chi connectivity index (χ1) is 15.1. The molecule has 0 unspecified atom stereocenters. The normalized spacial score (nSPS) is 11.2. The number of nitrogen functional groups attached to an aromatic ring is 1. The van der Waals surface area contributed by atoms with Crippen molar-refractivity contribution in [3.8, 4) is 11.1 Å². The average Bonchev–Trinajstić information content (AvgIpc) is 3.19. The van der Waals surface area contributed by atoms with Crippen LogP contribution in [0, 0.1) is 12.3 Å². The average molecular weight is 505 g/mol. The first-order valence-corrected chi connectivity index (χ1v) is 13.3. The third-order valence-electron chi connectivity index (χ3n) is 4.76. The lowest BCUT2D eigenvalue weighted by atomic mass is 9.96. The first kappa shape index (κ1) is 26.6.